The fraction of sp³-hybridized carbons (Fsp3) is 0.526. The minimum Gasteiger partial charge on any atom is -0.313 e. The van der Waals surface area contributed by atoms with Gasteiger partial charge in [-0.2, -0.15) is 0 Å². The van der Waals surface area contributed by atoms with E-state index in [4.69, 9.17) is 4.98 Å². The average Bonchev–Trinajstić information content (AvgIpc) is 2.57. The van der Waals surface area contributed by atoms with Crippen LogP contribution in [0.25, 0.3) is 10.9 Å². The number of nitrogens with one attached hydrogen (secondary N) is 1. The van der Waals surface area contributed by atoms with E-state index in [9.17, 15) is 0 Å². The standard InChI is InChI=1S/C19H27N3/c1-4-14-8-7-9-15-16(12-20-5-2)17-13-22(6-3)11-10-18(17)21-19(14)15/h7-9,20H,4-6,10-13H2,1-3H3. The summed E-state index contributed by atoms with van der Waals surface area (Å²) in [6.45, 7) is 11.9. The van der Waals surface area contributed by atoms with Crippen molar-refractivity contribution in [3.05, 3.63) is 40.6 Å². The number of nitrogens with zero attached hydrogens (tertiary/aromatic N) is 2. The van der Waals surface area contributed by atoms with Crippen molar-refractivity contribution in [3.8, 4) is 0 Å². The Kier molecular flexibility index (Phi) is 4.74. The predicted molar refractivity (Wildman–Crippen MR) is 93.2 cm³/mol. The Morgan fingerprint density at radius 3 is 2.82 bits per heavy atom. The van der Waals surface area contributed by atoms with E-state index in [0.29, 0.717) is 0 Å². The first-order valence-corrected chi connectivity index (χ1v) is 8.63. The van der Waals surface area contributed by atoms with E-state index in [-0.39, 0.29) is 0 Å². The molecule has 0 aliphatic carbocycles. The molecular weight excluding hydrogens is 270 g/mol. The average molecular weight is 297 g/mol. The molecule has 0 atom stereocenters. The van der Waals surface area contributed by atoms with Crippen molar-refractivity contribution in [1.29, 1.82) is 0 Å². The molecule has 0 bridgehead atoms. The lowest BCUT2D eigenvalue weighted by atomic mass is 9.94. The molecule has 2 heterocycles. The molecule has 1 aliphatic rings. The number of likely N-dealkylation sites (N-methyl/N-ethyl adjacent to an activating group) is 1. The van der Waals surface area contributed by atoms with Crippen molar-refractivity contribution in [1.82, 2.24) is 15.2 Å². The van der Waals surface area contributed by atoms with Gasteiger partial charge in [0, 0.05) is 37.1 Å². The number of hydrogen-bond acceptors (Lipinski definition) is 3. The van der Waals surface area contributed by atoms with E-state index in [1.165, 1.54) is 33.3 Å². The minimum atomic E-state index is 0.947. The van der Waals surface area contributed by atoms with E-state index >= 15 is 0 Å². The molecule has 1 aromatic carbocycles. The summed E-state index contributed by atoms with van der Waals surface area (Å²) >= 11 is 0. The zero-order valence-electron chi connectivity index (χ0n) is 14.1. The molecule has 1 N–H and O–H groups in total. The van der Waals surface area contributed by atoms with Crippen LogP contribution in [0.3, 0.4) is 0 Å². The highest BCUT2D eigenvalue weighted by Gasteiger charge is 2.22. The number of para-hydroxylation sites is 1. The SMILES string of the molecule is CCNCc1c2c(nc3c(CC)cccc13)CCN(CC)C2. The van der Waals surface area contributed by atoms with Crippen molar-refractivity contribution in [3.63, 3.8) is 0 Å². The number of benzene rings is 1. The predicted octanol–water partition coefficient (Wildman–Crippen LogP) is 3.28. The van der Waals surface area contributed by atoms with Crippen LogP contribution in [0.4, 0.5) is 0 Å². The Morgan fingerprint density at radius 2 is 2.09 bits per heavy atom. The molecule has 0 fully saturated rings. The molecule has 118 valence electrons. The van der Waals surface area contributed by atoms with Crippen molar-refractivity contribution < 1.29 is 0 Å². The van der Waals surface area contributed by atoms with Gasteiger partial charge in [-0.25, -0.2) is 0 Å². The zero-order chi connectivity index (χ0) is 15.5. The second kappa shape index (κ2) is 6.76. The first-order chi connectivity index (χ1) is 10.8. The van der Waals surface area contributed by atoms with Crippen LogP contribution < -0.4 is 5.32 Å². The van der Waals surface area contributed by atoms with E-state index in [1.54, 1.807) is 0 Å². The number of rotatable bonds is 5. The lowest BCUT2D eigenvalue weighted by molar-refractivity contribution is 0.265. The summed E-state index contributed by atoms with van der Waals surface area (Å²) in [6, 6.07) is 6.66. The summed E-state index contributed by atoms with van der Waals surface area (Å²) in [4.78, 5) is 7.59. The summed E-state index contributed by atoms with van der Waals surface area (Å²) in [6.07, 6.45) is 2.13. The van der Waals surface area contributed by atoms with Gasteiger partial charge in [0.05, 0.1) is 5.52 Å². The van der Waals surface area contributed by atoms with Crippen LogP contribution in [0, 0.1) is 0 Å². The maximum atomic E-state index is 5.07. The summed E-state index contributed by atoms with van der Waals surface area (Å²) < 4.78 is 0. The zero-order valence-corrected chi connectivity index (χ0v) is 14.1. The van der Waals surface area contributed by atoms with Crippen LogP contribution in [0.1, 0.15) is 43.2 Å². The molecule has 2 aromatic rings. The summed E-state index contributed by atoms with van der Waals surface area (Å²) in [5.41, 5.74) is 6.86. The van der Waals surface area contributed by atoms with Gasteiger partial charge in [-0.1, -0.05) is 39.0 Å². The van der Waals surface area contributed by atoms with Gasteiger partial charge in [-0.3, -0.25) is 9.88 Å². The maximum absolute atomic E-state index is 5.07. The molecule has 3 nitrogen and oxygen atoms in total. The molecule has 3 heteroatoms. The maximum Gasteiger partial charge on any atom is 0.0740 e. The Balaban J connectivity index is 2.19. The Labute approximate surface area is 133 Å². The number of fused-ring (bicyclic) bond motifs is 2. The van der Waals surface area contributed by atoms with Crippen molar-refractivity contribution in [2.75, 3.05) is 19.6 Å². The Morgan fingerprint density at radius 1 is 1.23 bits per heavy atom. The van der Waals surface area contributed by atoms with Gasteiger partial charge in [0.2, 0.25) is 0 Å². The van der Waals surface area contributed by atoms with E-state index in [2.05, 4.69) is 49.2 Å². The third kappa shape index (κ3) is 2.75. The molecule has 0 saturated heterocycles. The topological polar surface area (TPSA) is 28.2 Å². The molecule has 1 aromatic heterocycles. The van der Waals surface area contributed by atoms with Crippen molar-refractivity contribution >= 4 is 10.9 Å². The normalized spacial score (nSPS) is 15.2. The fourth-order valence-electron chi connectivity index (χ4n) is 3.47. The molecule has 22 heavy (non-hydrogen) atoms. The first kappa shape index (κ1) is 15.4. The highest BCUT2D eigenvalue weighted by atomic mass is 15.1. The molecule has 0 radical (unpaired) electrons. The van der Waals surface area contributed by atoms with Crippen LogP contribution in [-0.4, -0.2) is 29.5 Å². The summed E-state index contributed by atoms with van der Waals surface area (Å²) in [5.74, 6) is 0. The van der Waals surface area contributed by atoms with Crippen LogP contribution in [0.15, 0.2) is 18.2 Å². The molecule has 0 saturated carbocycles. The van der Waals surface area contributed by atoms with Gasteiger partial charge in [0.25, 0.3) is 0 Å². The molecule has 3 rings (SSSR count). The van der Waals surface area contributed by atoms with Crippen molar-refractivity contribution in [2.24, 2.45) is 0 Å². The number of aryl methyl sites for hydroxylation is 1. The molecule has 0 unspecified atom stereocenters. The monoisotopic (exact) mass is 297 g/mol. The molecular formula is C19H27N3. The van der Waals surface area contributed by atoms with Gasteiger partial charge >= 0.3 is 0 Å². The molecule has 0 spiro atoms. The summed E-state index contributed by atoms with van der Waals surface area (Å²) in [7, 11) is 0. The lowest BCUT2D eigenvalue weighted by Gasteiger charge is -2.29. The van der Waals surface area contributed by atoms with Gasteiger partial charge in [-0.15, -0.1) is 0 Å². The van der Waals surface area contributed by atoms with Crippen LogP contribution >= 0.6 is 0 Å². The lowest BCUT2D eigenvalue weighted by Crippen LogP contribution is -2.32. The number of aromatic nitrogens is 1. The fourth-order valence-corrected chi connectivity index (χ4v) is 3.47. The molecule has 0 amide bonds. The minimum absolute atomic E-state index is 0.947. The van der Waals surface area contributed by atoms with Crippen LogP contribution in [0.5, 0.6) is 0 Å². The Bertz CT molecular complexity index is 663. The van der Waals surface area contributed by atoms with Gasteiger partial charge in [0.15, 0.2) is 0 Å². The highest BCUT2D eigenvalue weighted by molar-refractivity contribution is 5.86. The van der Waals surface area contributed by atoms with Gasteiger partial charge in [0.1, 0.15) is 0 Å². The van der Waals surface area contributed by atoms with E-state index in [0.717, 1.165) is 45.6 Å². The third-order valence-corrected chi connectivity index (χ3v) is 4.83. The van der Waals surface area contributed by atoms with Crippen molar-refractivity contribution in [2.45, 2.75) is 46.7 Å². The van der Waals surface area contributed by atoms with E-state index in [1.807, 2.05) is 0 Å². The van der Waals surface area contributed by atoms with Crippen LogP contribution in [-0.2, 0) is 25.9 Å². The van der Waals surface area contributed by atoms with Gasteiger partial charge in [-0.05, 0) is 36.2 Å². The van der Waals surface area contributed by atoms with Gasteiger partial charge < -0.3 is 5.32 Å². The smallest absolute Gasteiger partial charge is 0.0740 e. The quantitative estimate of drug-likeness (QED) is 0.918. The third-order valence-electron chi connectivity index (χ3n) is 4.83. The second-order valence-corrected chi connectivity index (χ2v) is 6.08. The van der Waals surface area contributed by atoms with E-state index < -0.39 is 0 Å². The molecule has 1 aliphatic heterocycles. The highest BCUT2D eigenvalue weighted by Crippen LogP contribution is 2.29. The first-order valence-electron chi connectivity index (χ1n) is 8.63. The Hall–Kier alpha value is -1.45. The van der Waals surface area contributed by atoms with Crippen LogP contribution in [0.2, 0.25) is 0 Å². The summed E-state index contributed by atoms with van der Waals surface area (Å²) in [5, 5.41) is 4.88. The number of hydrogen-bond donors (Lipinski definition) is 1. The largest absolute Gasteiger partial charge is 0.313 e. The second-order valence-electron chi connectivity index (χ2n) is 6.08. The number of pyridine rings is 1.